The van der Waals surface area contributed by atoms with Gasteiger partial charge in [0.05, 0.1) is 51.8 Å². The van der Waals surface area contributed by atoms with Crippen LogP contribution in [0, 0.1) is 35.4 Å². The summed E-state index contributed by atoms with van der Waals surface area (Å²) in [4.78, 5) is 19.0. The van der Waals surface area contributed by atoms with Crippen LogP contribution in [-0.4, -0.2) is 15.0 Å². The highest BCUT2D eigenvalue weighted by Gasteiger charge is 2.23. The van der Waals surface area contributed by atoms with E-state index >= 15 is 0 Å². The van der Waals surface area contributed by atoms with Gasteiger partial charge in [0.1, 0.15) is 0 Å². The van der Waals surface area contributed by atoms with Crippen LogP contribution in [0.25, 0.3) is 82.5 Å². The monoisotopic (exact) mass is 639 g/mol. The van der Waals surface area contributed by atoms with E-state index in [4.69, 9.17) is 21.5 Å². The minimum Gasteiger partial charge on any atom is -0.247 e. The molecule has 0 aliphatic heterocycles. The fourth-order valence-corrected chi connectivity index (χ4v) is 6.21. The molecule has 6 aromatic carbocycles. The number of pyridine rings is 1. The lowest BCUT2D eigenvalue weighted by Crippen LogP contribution is -2.00. The van der Waals surface area contributed by atoms with Gasteiger partial charge in [0.2, 0.25) is 0 Å². The number of nitrogens with zero attached hydrogens (tertiary/aromatic N) is 5. The summed E-state index contributed by atoms with van der Waals surface area (Å²) < 4.78 is 43.9. The molecule has 0 saturated carbocycles. The molecule has 2 heterocycles. The van der Waals surface area contributed by atoms with Gasteiger partial charge in [-0.3, -0.25) is 0 Å². The zero-order valence-corrected chi connectivity index (χ0v) is 25.4. The summed E-state index contributed by atoms with van der Waals surface area (Å²) in [6.45, 7) is 7.40. The van der Waals surface area contributed by atoms with Crippen LogP contribution in [0.5, 0.6) is 0 Å². The number of fused-ring (bicyclic) bond motifs is 5. The lowest BCUT2D eigenvalue weighted by molar-refractivity contribution is 0.448. The number of hydrogen-bond acceptors (Lipinski definition) is 4. The number of rotatable bonds is 4. The van der Waals surface area contributed by atoms with Gasteiger partial charge in [-0.1, -0.05) is 84.9 Å². The fraction of sp³-hybridized carbons (Fsp3) is 0. The highest BCUT2D eigenvalue weighted by molar-refractivity contribution is 6.25. The van der Waals surface area contributed by atoms with Crippen molar-refractivity contribution in [2.45, 2.75) is 0 Å². The average molecular weight is 640 g/mol. The summed E-state index contributed by atoms with van der Waals surface area (Å²) in [5.41, 5.74) is 6.79. The van der Waals surface area contributed by atoms with Crippen molar-refractivity contribution in [3.8, 4) is 51.0 Å². The van der Waals surface area contributed by atoms with Crippen LogP contribution in [-0.2, 0) is 0 Å². The third-order valence-corrected chi connectivity index (χ3v) is 8.50. The molecule has 0 radical (unpaired) electrons. The van der Waals surface area contributed by atoms with Crippen molar-refractivity contribution in [3.05, 3.63) is 156 Å². The number of aromatic nitrogens is 3. The number of hydrogen-bond donors (Lipinski definition) is 0. The third-order valence-electron chi connectivity index (χ3n) is 8.50. The van der Waals surface area contributed by atoms with Crippen LogP contribution in [0.4, 0.5) is 18.9 Å². The molecule has 8 rings (SSSR count). The van der Waals surface area contributed by atoms with Gasteiger partial charge in [-0.15, -0.1) is 0 Å². The van der Waals surface area contributed by atoms with Gasteiger partial charge in [0, 0.05) is 27.3 Å². The Labute approximate surface area is 278 Å². The summed E-state index contributed by atoms with van der Waals surface area (Å²) in [7, 11) is 0. The first-order valence-electron chi connectivity index (χ1n) is 15.2. The Bertz CT molecular complexity index is 2670. The molecule has 5 nitrogen and oxygen atoms in total. The zero-order chi connectivity index (χ0) is 33.6. The summed E-state index contributed by atoms with van der Waals surface area (Å²) in [6.07, 6.45) is 0. The van der Waals surface area contributed by atoms with Crippen molar-refractivity contribution in [3.63, 3.8) is 0 Å². The number of benzene rings is 6. The third kappa shape index (κ3) is 5.00. The Morgan fingerprint density at radius 1 is 0.571 bits per heavy atom. The molecule has 49 heavy (non-hydrogen) atoms. The van der Waals surface area contributed by atoms with Gasteiger partial charge in [-0.2, -0.15) is 5.26 Å². The second-order valence-electron chi connectivity index (χ2n) is 11.4. The predicted molar refractivity (Wildman–Crippen MR) is 185 cm³/mol. The van der Waals surface area contributed by atoms with E-state index in [0.29, 0.717) is 77.7 Å². The van der Waals surface area contributed by atoms with Crippen molar-refractivity contribution >= 4 is 38.4 Å². The molecule has 8 heteroatoms. The normalized spacial score (nSPS) is 11.1. The van der Waals surface area contributed by atoms with E-state index in [1.165, 1.54) is 0 Å². The highest BCUT2D eigenvalue weighted by atomic mass is 19.2. The predicted octanol–water partition coefficient (Wildman–Crippen LogP) is 10.8. The molecule has 0 saturated heterocycles. The van der Waals surface area contributed by atoms with Crippen LogP contribution in [0.3, 0.4) is 0 Å². The molecule has 230 valence electrons. The maximum absolute atomic E-state index is 14.8. The largest absolute Gasteiger partial charge is 0.247 e. The Balaban J connectivity index is 1.59. The topological polar surface area (TPSA) is 66.8 Å². The molecule has 0 amide bonds. The van der Waals surface area contributed by atoms with E-state index in [1.54, 1.807) is 54.6 Å². The SMILES string of the molecule is [C-]#[N+]c1ccc(-c2nc3cc(-c4cc(F)c(F)c(F)c4)c4c5ccccc5nc(-c5ccccc5)c4c3nc2-c2ccc(C#N)cc2)cc1. The van der Waals surface area contributed by atoms with E-state index in [1.807, 2.05) is 54.6 Å². The maximum Gasteiger partial charge on any atom is 0.194 e. The number of nitriles is 1. The Kier molecular flexibility index (Phi) is 7.05. The van der Waals surface area contributed by atoms with E-state index in [9.17, 15) is 18.4 Å². The summed E-state index contributed by atoms with van der Waals surface area (Å²) in [5, 5.41) is 11.4. The smallest absolute Gasteiger partial charge is 0.194 e. The van der Waals surface area contributed by atoms with Crippen LogP contribution in [0.2, 0.25) is 0 Å². The second kappa shape index (κ2) is 11.7. The van der Waals surface area contributed by atoms with Gasteiger partial charge >= 0.3 is 0 Å². The van der Waals surface area contributed by atoms with E-state index in [2.05, 4.69) is 10.9 Å². The summed E-state index contributed by atoms with van der Waals surface area (Å²) in [5.74, 6) is -4.18. The first kappa shape index (κ1) is 29.5. The second-order valence-corrected chi connectivity index (χ2v) is 11.4. The van der Waals surface area contributed by atoms with Gasteiger partial charge in [-0.05, 0) is 53.1 Å². The molecular formula is C41H20F3N5. The maximum atomic E-state index is 14.8. The first-order valence-corrected chi connectivity index (χ1v) is 15.2. The minimum absolute atomic E-state index is 0.125. The summed E-state index contributed by atoms with van der Waals surface area (Å²) >= 11 is 0. The minimum atomic E-state index is -1.55. The van der Waals surface area contributed by atoms with Gasteiger partial charge < -0.3 is 0 Å². The van der Waals surface area contributed by atoms with Crippen molar-refractivity contribution in [2.24, 2.45) is 0 Å². The van der Waals surface area contributed by atoms with Crippen molar-refractivity contribution in [2.75, 3.05) is 0 Å². The van der Waals surface area contributed by atoms with Crippen molar-refractivity contribution in [1.29, 1.82) is 5.26 Å². The van der Waals surface area contributed by atoms with Crippen LogP contribution < -0.4 is 0 Å². The Morgan fingerprint density at radius 2 is 1.16 bits per heavy atom. The molecule has 0 atom stereocenters. The van der Waals surface area contributed by atoms with Crippen molar-refractivity contribution < 1.29 is 13.2 Å². The molecule has 0 aliphatic rings. The van der Waals surface area contributed by atoms with E-state index < -0.39 is 17.5 Å². The lowest BCUT2D eigenvalue weighted by Gasteiger charge is -2.18. The number of para-hydroxylation sites is 1. The van der Waals surface area contributed by atoms with Crippen LogP contribution in [0.15, 0.2) is 121 Å². The molecule has 8 aromatic rings. The molecular weight excluding hydrogens is 619 g/mol. The molecule has 2 aromatic heterocycles. The van der Waals surface area contributed by atoms with Gasteiger partial charge in [-0.25, -0.2) is 33.0 Å². The van der Waals surface area contributed by atoms with Gasteiger partial charge in [0.15, 0.2) is 23.1 Å². The van der Waals surface area contributed by atoms with Crippen molar-refractivity contribution in [1.82, 2.24) is 15.0 Å². The Hall–Kier alpha value is -6.90. The van der Waals surface area contributed by atoms with E-state index in [0.717, 1.165) is 17.7 Å². The summed E-state index contributed by atoms with van der Waals surface area (Å²) in [6, 6.07) is 36.8. The quantitative estimate of drug-likeness (QED) is 0.109. The first-order chi connectivity index (χ1) is 23.9. The molecule has 0 fully saturated rings. The van der Waals surface area contributed by atoms with Gasteiger partial charge in [0.25, 0.3) is 0 Å². The molecule has 0 spiro atoms. The standard InChI is InChI=1S/C41H20F3N5/c1-46-28-17-15-26(16-18-28)39-40(25-13-11-23(22-45)12-14-25)49-41-34(48-39)21-30(27-19-31(42)37(44)32(43)20-27)35-29-9-5-6-10-33(29)47-38(36(35)41)24-7-3-2-4-8-24/h2-21H. The lowest BCUT2D eigenvalue weighted by atomic mass is 9.91. The number of halogens is 3. The van der Waals surface area contributed by atoms with Crippen LogP contribution in [0.1, 0.15) is 5.56 Å². The van der Waals surface area contributed by atoms with E-state index in [-0.39, 0.29) is 5.56 Å². The Morgan fingerprint density at radius 3 is 1.84 bits per heavy atom. The average Bonchev–Trinajstić information content (AvgIpc) is 3.15. The fourth-order valence-electron chi connectivity index (χ4n) is 6.21. The zero-order valence-electron chi connectivity index (χ0n) is 25.4. The molecule has 0 N–H and O–H groups in total. The van der Waals surface area contributed by atoms with Crippen LogP contribution >= 0.6 is 0 Å². The molecule has 0 aliphatic carbocycles. The molecule has 0 bridgehead atoms. The highest BCUT2D eigenvalue weighted by Crippen LogP contribution is 2.44. The molecule has 0 unspecified atom stereocenters.